The predicted octanol–water partition coefficient (Wildman–Crippen LogP) is 3.83. The van der Waals surface area contributed by atoms with Crippen molar-refractivity contribution in [3.63, 3.8) is 0 Å². The number of ether oxygens (including phenoxy) is 1. The first-order valence-electron chi connectivity index (χ1n) is 7.34. The minimum Gasteiger partial charge on any atom is -0.373 e. The molecule has 1 saturated carbocycles. The molecule has 0 bridgehead atoms. The van der Waals surface area contributed by atoms with E-state index in [9.17, 15) is 4.39 Å². The van der Waals surface area contributed by atoms with Crippen LogP contribution < -0.4 is 5.32 Å². The van der Waals surface area contributed by atoms with Gasteiger partial charge >= 0.3 is 0 Å². The quantitative estimate of drug-likeness (QED) is 0.844. The average Bonchev–Trinajstić information content (AvgIpc) is 2.86. The second-order valence-corrected chi connectivity index (χ2v) is 5.25. The number of nitrogens with one attached hydrogen (secondary N) is 1. The lowest BCUT2D eigenvalue weighted by Gasteiger charge is -2.38. The Morgan fingerprint density at radius 1 is 1.32 bits per heavy atom. The summed E-state index contributed by atoms with van der Waals surface area (Å²) in [6.45, 7) is 5.68. The Kier molecular flexibility index (Phi) is 4.94. The van der Waals surface area contributed by atoms with Gasteiger partial charge in [0.2, 0.25) is 0 Å². The zero-order valence-electron chi connectivity index (χ0n) is 11.9. The molecule has 1 N–H and O–H groups in total. The number of halogens is 1. The molecule has 1 aromatic carbocycles. The van der Waals surface area contributed by atoms with E-state index in [1.54, 1.807) is 12.1 Å². The van der Waals surface area contributed by atoms with Crippen molar-refractivity contribution in [3.05, 3.63) is 35.6 Å². The summed E-state index contributed by atoms with van der Waals surface area (Å²) in [4.78, 5) is 0. The van der Waals surface area contributed by atoms with Gasteiger partial charge in [0.25, 0.3) is 0 Å². The first kappa shape index (κ1) is 14.5. The van der Waals surface area contributed by atoms with E-state index in [0.717, 1.165) is 24.9 Å². The maximum atomic E-state index is 13.5. The van der Waals surface area contributed by atoms with E-state index in [1.165, 1.54) is 18.9 Å². The van der Waals surface area contributed by atoms with E-state index in [0.29, 0.717) is 6.61 Å². The molecule has 0 radical (unpaired) electrons. The van der Waals surface area contributed by atoms with Crippen LogP contribution in [-0.4, -0.2) is 18.8 Å². The molecule has 0 heterocycles. The lowest BCUT2D eigenvalue weighted by Crippen LogP contribution is -2.44. The molecule has 1 aliphatic rings. The molecular weight excluding hydrogens is 241 g/mol. The normalized spacial score (nSPS) is 19.5. The predicted molar refractivity (Wildman–Crippen MR) is 75.6 cm³/mol. The SMILES string of the molecule is CCNC(c1cccc(F)c1)C1(OCC)CCCC1. The summed E-state index contributed by atoms with van der Waals surface area (Å²) < 4.78 is 19.6. The van der Waals surface area contributed by atoms with Crippen molar-refractivity contribution in [1.82, 2.24) is 5.32 Å². The molecule has 0 amide bonds. The molecule has 1 unspecified atom stereocenters. The van der Waals surface area contributed by atoms with Gasteiger partial charge in [-0.3, -0.25) is 0 Å². The van der Waals surface area contributed by atoms with Crippen LogP contribution in [-0.2, 0) is 4.74 Å². The van der Waals surface area contributed by atoms with Crippen LogP contribution in [0.5, 0.6) is 0 Å². The molecule has 106 valence electrons. The van der Waals surface area contributed by atoms with Gasteiger partial charge in [0.15, 0.2) is 0 Å². The first-order valence-corrected chi connectivity index (χ1v) is 7.34. The van der Waals surface area contributed by atoms with Gasteiger partial charge in [-0.15, -0.1) is 0 Å². The molecule has 0 aliphatic heterocycles. The zero-order valence-corrected chi connectivity index (χ0v) is 11.9. The summed E-state index contributed by atoms with van der Waals surface area (Å²) in [7, 11) is 0. The van der Waals surface area contributed by atoms with E-state index >= 15 is 0 Å². The average molecular weight is 265 g/mol. The van der Waals surface area contributed by atoms with Gasteiger partial charge in [0, 0.05) is 6.61 Å². The Hall–Kier alpha value is -0.930. The van der Waals surface area contributed by atoms with Crippen LogP contribution in [0, 0.1) is 5.82 Å². The smallest absolute Gasteiger partial charge is 0.123 e. The van der Waals surface area contributed by atoms with Crippen molar-refractivity contribution in [2.24, 2.45) is 0 Å². The molecule has 19 heavy (non-hydrogen) atoms. The summed E-state index contributed by atoms with van der Waals surface area (Å²) in [5.41, 5.74) is 0.829. The summed E-state index contributed by atoms with van der Waals surface area (Å²) >= 11 is 0. The highest BCUT2D eigenvalue weighted by Gasteiger charge is 2.42. The maximum absolute atomic E-state index is 13.5. The third kappa shape index (κ3) is 3.15. The van der Waals surface area contributed by atoms with Gasteiger partial charge in [0.1, 0.15) is 5.82 Å². The molecule has 3 heteroatoms. The van der Waals surface area contributed by atoms with Gasteiger partial charge in [-0.1, -0.05) is 31.9 Å². The van der Waals surface area contributed by atoms with E-state index in [2.05, 4.69) is 12.2 Å². The van der Waals surface area contributed by atoms with Crippen molar-refractivity contribution in [1.29, 1.82) is 0 Å². The Labute approximate surface area is 115 Å². The number of hydrogen-bond acceptors (Lipinski definition) is 2. The van der Waals surface area contributed by atoms with Crippen LogP contribution in [0.1, 0.15) is 51.1 Å². The summed E-state index contributed by atoms with van der Waals surface area (Å²) in [5, 5.41) is 3.50. The van der Waals surface area contributed by atoms with Gasteiger partial charge in [-0.25, -0.2) is 4.39 Å². The van der Waals surface area contributed by atoms with E-state index in [1.807, 2.05) is 13.0 Å². The van der Waals surface area contributed by atoms with E-state index in [4.69, 9.17) is 4.74 Å². The summed E-state index contributed by atoms with van der Waals surface area (Å²) in [5.74, 6) is -0.176. The highest BCUT2D eigenvalue weighted by molar-refractivity contribution is 5.24. The fraction of sp³-hybridized carbons (Fsp3) is 0.625. The zero-order chi connectivity index (χ0) is 13.7. The van der Waals surface area contributed by atoms with Crippen LogP contribution in [0.15, 0.2) is 24.3 Å². The van der Waals surface area contributed by atoms with Crippen LogP contribution in [0.4, 0.5) is 4.39 Å². The second-order valence-electron chi connectivity index (χ2n) is 5.25. The molecule has 1 atom stereocenters. The van der Waals surface area contributed by atoms with Crippen LogP contribution >= 0.6 is 0 Å². The third-order valence-corrected chi connectivity index (χ3v) is 4.00. The molecular formula is C16H24FNO. The highest BCUT2D eigenvalue weighted by atomic mass is 19.1. The summed E-state index contributed by atoms with van der Waals surface area (Å²) in [6, 6.07) is 6.98. The molecule has 2 nitrogen and oxygen atoms in total. The van der Waals surface area contributed by atoms with Crippen molar-refractivity contribution in [3.8, 4) is 0 Å². The van der Waals surface area contributed by atoms with Crippen molar-refractivity contribution >= 4 is 0 Å². The van der Waals surface area contributed by atoms with Gasteiger partial charge < -0.3 is 10.1 Å². The van der Waals surface area contributed by atoms with Crippen LogP contribution in [0.2, 0.25) is 0 Å². The lowest BCUT2D eigenvalue weighted by molar-refractivity contribution is -0.0623. The molecule has 2 rings (SSSR count). The highest BCUT2D eigenvalue weighted by Crippen LogP contribution is 2.43. The lowest BCUT2D eigenvalue weighted by atomic mass is 9.86. The van der Waals surface area contributed by atoms with Gasteiger partial charge in [-0.2, -0.15) is 0 Å². The molecule has 0 saturated heterocycles. The van der Waals surface area contributed by atoms with Crippen molar-refractivity contribution in [2.75, 3.05) is 13.2 Å². The maximum Gasteiger partial charge on any atom is 0.123 e. The second kappa shape index (κ2) is 6.49. The minimum absolute atomic E-state index is 0.0793. The molecule has 0 aromatic heterocycles. The molecule has 1 aliphatic carbocycles. The van der Waals surface area contributed by atoms with Crippen molar-refractivity contribution < 1.29 is 9.13 Å². The molecule has 1 fully saturated rings. The summed E-state index contributed by atoms with van der Waals surface area (Å²) in [6.07, 6.45) is 4.48. The number of benzene rings is 1. The Morgan fingerprint density at radius 3 is 2.63 bits per heavy atom. The van der Waals surface area contributed by atoms with Gasteiger partial charge in [-0.05, 0) is 44.0 Å². The minimum atomic E-state index is -0.176. The first-order chi connectivity index (χ1) is 9.22. The topological polar surface area (TPSA) is 21.3 Å². The number of rotatable bonds is 6. The van der Waals surface area contributed by atoms with E-state index < -0.39 is 0 Å². The van der Waals surface area contributed by atoms with E-state index in [-0.39, 0.29) is 17.5 Å². The van der Waals surface area contributed by atoms with Crippen LogP contribution in [0.3, 0.4) is 0 Å². The molecule has 1 aromatic rings. The Morgan fingerprint density at radius 2 is 2.05 bits per heavy atom. The monoisotopic (exact) mass is 265 g/mol. The van der Waals surface area contributed by atoms with Gasteiger partial charge in [0.05, 0.1) is 11.6 Å². The number of likely N-dealkylation sites (N-methyl/N-ethyl adjacent to an activating group) is 1. The van der Waals surface area contributed by atoms with Crippen molar-refractivity contribution in [2.45, 2.75) is 51.2 Å². The fourth-order valence-corrected chi connectivity index (χ4v) is 3.28. The number of hydrogen-bond donors (Lipinski definition) is 1. The van der Waals surface area contributed by atoms with Crippen LogP contribution in [0.25, 0.3) is 0 Å². The third-order valence-electron chi connectivity index (χ3n) is 4.00. The Balaban J connectivity index is 2.32. The Bertz CT molecular complexity index is 401. The fourth-order valence-electron chi connectivity index (χ4n) is 3.28. The molecule has 0 spiro atoms. The standard InChI is InChI=1S/C16H24FNO/c1-3-18-15(13-8-7-9-14(17)12-13)16(19-4-2)10-5-6-11-16/h7-9,12,15,18H,3-6,10-11H2,1-2H3. The largest absolute Gasteiger partial charge is 0.373 e.